The predicted octanol–water partition coefficient (Wildman–Crippen LogP) is 2.41. The van der Waals surface area contributed by atoms with Crippen molar-refractivity contribution in [2.75, 3.05) is 0 Å². The van der Waals surface area contributed by atoms with Gasteiger partial charge in [0.05, 0.1) is 0 Å². The molecular formula is C12H13ClN2Se. The van der Waals surface area contributed by atoms with Gasteiger partial charge in [-0.25, -0.2) is 0 Å². The molecule has 0 fully saturated rings. The average Bonchev–Trinajstić information content (AvgIpc) is 2.26. The Kier molecular flexibility index (Phi) is 3.20. The normalized spacial score (nSPS) is 12.0. The molecule has 0 spiro atoms. The fourth-order valence-electron chi connectivity index (χ4n) is 1.56. The molecule has 2 nitrogen and oxygen atoms in total. The van der Waals surface area contributed by atoms with Crippen LogP contribution in [0.4, 0.5) is 0 Å². The van der Waals surface area contributed by atoms with E-state index >= 15 is 0 Å². The van der Waals surface area contributed by atoms with Crippen molar-refractivity contribution in [1.29, 1.82) is 0 Å². The molecule has 2 rings (SSSR count). The van der Waals surface area contributed by atoms with Gasteiger partial charge in [-0.1, -0.05) is 0 Å². The molecule has 0 unspecified atom stereocenters. The first kappa shape index (κ1) is 11.8. The topological polar surface area (TPSA) is 25.8 Å². The summed E-state index contributed by atoms with van der Waals surface area (Å²) in [6.07, 6.45) is 1.58. The summed E-state index contributed by atoms with van der Waals surface area (Å²) < 4.78 is 0.963. The molecule has 0 amide bonds. The van der Waals surface area contributed by atoms with Gasteiger partial charge in [-0.15, -0.1) is 0 Å². The summed E-state index contributed by atoms with van der Waals surface area (Å²) >= 11 is -0.113. The third-order valence-electron chi connectivity index (χ3n) is 2.54. The monoisotopic (exact) mass is 300 g/mol. The van der Waals surface area contributed by atoms with Gasteiger partial charge in [0.25, 0.3) is 0 Å². The van der Waals surface area contributed by atoms with Gasteiger partial charge in [0.15, 0.2) is 0 Å². The van der Waals surface area contributed by atoms with Crippen LogP contribution in [0.1, 0.15) is 26.3 Å². The number of aromatic nitrogens is 2. The van der Waals surface area contributed by atoms with Crippen molar-refractivity contribution >= 4 is 39.6 Å². The molecule has 1 heterocycles. The van der Waals surface area contributed by atoms with Crippen LogP contribution in [0.15, 0.2) is 24.5 Å². The average molecular weight is 300 g/mol. The fraction of sp³-hybridized carbons (Fsp3) is 0.333. The van der Waals surface area contributed by atoms with E-state index in [0.717, 1.165) is 15.5 Å². The van der Waals surface area contributed by atoms with Gasteiger partial charge in [0, 0.05) is 0 Å². The van der Waals surface area contributed by atoms with Crippen LogP contribution in [-0.2, 0) is 5.41 Å². The second-order valence-electron chi connectivity index (χ2n) is 4.74. The van der Waals surface area contributed by atoms with Gasteiger partial charge < -0.3 is 0 Å². The molecule has 16 heavy (non-hydrogen) atoms. The Balaban J connectivity index is 2.68. The molecule has 0 atom stereocenters. The van der Waals surface area contributed by atoms with Crippen LogP contribution < -0.4 is 4.59 Å². The van der Waals surface area contributed by atoms with E-state index in [1.807, 2.05) is 6.07 Å². The van der Waals surface area contributed by atoms with Crippen molar-refractivity contribution in [3.8, 4) is 0 Å². The van der Waals surface area contributed by atoms with Gasteiger partial charge >= 0.3 is 106 Å². The third-order valence-corrected chi connectivity index (χ3v) is 4.29. The number of nitrogens with zero attached hydrogens (tertiary/aromatic N) is 2. The number of hydrogen-bond acceptors (Lipinski definition) is 2. The first-order valence-electron chi connectivity index (χ1n) is 5.06. The Morgan fingerprint density at radius 1 is 1.19 bits per heavy atom. The van der Waals surface area contributed by atoms with E-state index in [2.05, 4.69) is 42.9 Å². The second kappa shape index (κ2) is 4.32. The quantitative estimate of drug-likeness (QED) is 0.756. The minimum absolute atomic E-state index is 0.113. The summed E-state index contributed by atoms with van der Waals surface area (Å²) in [5.74, 6) is 0. The molecule has 1 aromatic carbocycles. The summed E-state index contributed by atoms with van der Waals surface area (Å²) in [5, 5.41) is 1.09. The second-order valence-corrected chi connectivity index (χ2v) is 6.67. The maximum absolute atomic E-state index is 5.94. The molecule has 0 saturated heterocycles. The fourth-order valence-corrected chi connectivity index (χ4v) is 2.90. The van der Waals surface area contributed by atoms with Crippen molar-refractivity contribution in [2.45, 2.75) is 26.2 Å². The number of hydrogen-bond donors (Lipinski definition) is 0. The van der Waals surface area contributed by atoms with E-state index in [0.29, 0.717) is 0 Å². The van der Waals surface area contributed by atoms with E-state index in [1.165, 1.54) is 5.56 Å². The summed E-state index contributed by atoms with van der Waals surface area (Å²) in [6, 6.07) is 6.33. The molecular weight excluding hydrogens is 287 g/mol. The van der Waals surface area contributed by atoms with Gasteiger partial charge in [-0.3, -0.25) is 0 Å². The maximum atomic E-state index is 5.94. The number of fused-ring (bicyclic) bond motifs is 1. The first-order valence-corrected chi connectivity index (χ1v) is 8.17. The van der Waals surface area contributed by atoms with Crippen LogP contribution in [0.2, 0.25) is 0 Å². The molecule has 0 aliphatic heterocycles. The number of rotatable bonds is 1. The molecule has 0 radical (unpaired) electrons. The summed E-state index contributed by atoms with van der Waals surface area (Å²) in [6.45, 7) is 6.59. The van der Waals surface area contributed by atoms with Crippen LogP contribution >= 0.6 is 10.1 Å². The molecule has 0 saturated carbocycles. The molecule has 0 bridgehead atoms. The molecule has 0 N–H and O–H groups in total. The minimum atomic E-state index is -0.113. The van der Waals surface area contributed by atoms with Crippen molar-refractivity contribution in [2.24, 2.45) is 0 Å². The zero-order valence-corrected chi connectivity index (χ0v) is 12.0. The van der Waals surface area contributed by atoms with Crippen LogP contribution in [0.25, 0.3) is 10.9 Å². The van der Waals surface area contributed by atoms with Crippen molar-refractivity contribution in [3.05, 3.63) is 30.1 Å². The van der Waals surface area contributed by atoms with Crippen LogP contribution in [0, 0.1) is 0 Å². The molecule has 2 aromatic rings. The third kappa shape index (κ3) is 2.22. The molecule has 0 aliphatic rings. The van der Waals surface area contributed by atoms with E-state index in [-0.39, 0.29) is 19.5 Å². The molecule has 0 aliphatic carbocycles. The van der Waals surface area contributed by atoms with E-state index in [9.17, 15) is 0 Å². The zero-order valence-electron chi connectivity index (χ0n) is 9.49. The Morgan fingerprint density at radius 3 is 2.56 bits per heavy atom. The SMILES string of the molecule is CC(C)(C)c1ccc2ncnc([Se]Cl)c2c1. The Morgan fingerprint density at radius 2 is 1.94 bits per heavy atom. The van der Waals surface area contributed by atoms with Gasteiger partial charge in [0.1, 0.15) is 0 Å². The molecule has 4 heteroatoms. The standard InChI is InChI=1S/C12H13ClN2Se/c1-12(2,3)8-4-5-10-9(6-8)11(16-13)15-7-14-10/h4-7H,1-3H3. The van der Waals surface area contributed by atoms with E-state index < -0.39 is 0 Å². The molecule has 84 valence electrons. The zero-order chi connectivity index (χ0) is 11.8. The number of halogens is 1. The Bertz CT molecular complexity index is 520. The van der Waals surface area contributed by atoms with Crippen LogP contribution in [-0.4, -0.2) is 24.0 Å². The van der Waals surface area contributed by atoms with Crippen molar-refractivity contribution in [3.63, 3.8) is 0 Å². The van der Waals surface area contributed by atoms with Gasteiger partial charge in [-0.05, 0) is 0 Å². The molecule has 1 aromatic heterocycles. The van der Waals surface area contributed by atoms with Crippen molar-refractivity contribution < 1.29 is 0 Å². The Labute approximate surface area is 106 Å². The van der Waals surface area contributed by atoms with E-state index in [4.69, 9.17) is 10.1 Å². The first-order chi connectivity index (χ1) is 7.52. The summed E-state index contributed by atoms with van der Waals surface area (Å²) in [5.41, 5.74) is 2.40. The van der Waals surface area contributed by atoms with Gasteiger partial charge in [0.2, 0.25) is 0 Å². The predicted molar refractivity (Wildman–Crippen MR) is 69.5 cm³/mol. The van der Waals surface area contributed by atoms with Crippen molar-refractivity contribution in [1.82, 2.24) is 9.97 Å². The van der Waals surface area contributed by atoms with E-state index in [1.54, 1.807) is 6.33 Å². The Hall–Kier alpha value is -0.631. The summed E-state index contributed by atoms with van der Waals surface area (Å²) in [7, 11) is 5.94. The number of benzene rings is 1. The van der Waals surface area contributed by atoms with Crippen LogP contribution in [0.5, 0.6) is 0 Å². The van der Waals surface area contributed by atoms with Gasteiger partial charge in [-0.2, -0.15) is 0 Å². The summed E-state index contributed by atoms with van der Waals surface area (Å²) in [4.78, 5) is 8.49. The van der Waals surface area contributed by atoms with Crippen LogP contribution in [0.3, 0.4) is 0 Å².